The molecule has 166 valence electrons. The number of amides is 2. The first-order valence-corrected chi connectivity index (χ1v) is 10.8. The van der Waals surface area contributed by atoms with Crippen LogP contribution in [0.1, 0.15) is 34.0 Å². The summed E-state index contributed by atoms with van der Waals surface area (Å²) in [5.74, 6) is -1.36. The minimum Gasteiger partial charge on any atom is -0.318 e. The van der Waals surface area contributed by atoms with Gasteiger partial charge in [-0.25, -0.2) is 13.6 Å². The number of aromatic nitrogens is 1. The van der Waals surface area contributed by atoms with E-state index in [2.05, 4.69) is 5.32 Å². The van der Waals surface area contributed by atoms with Crippen LogP contribution < -0.4 is 5.32 Å². The van der Waals surface area contributed by atoms with Crippen LogP contribution in [0.5, 0.6) is 0 Å². The zero-order valence-electron chi connectivity index (χ0n) is 18.3. The summed E-state index contributed by atoms with van der Waals surface area (Å²) in [5.41, 5.74) is 5.65. The predicted molar refractivity (Wildman–Crippen MR) is 124 cm³/mol. The number of nitrogens with one attached hydrogen (secondary N) is 1. The standard InChI is InChI=1S/C27H23F2N3O/c1-17-9-10-18(2)23(12-17)30-27(33)32-16-19-6-3-4-7-24(19)31-11-5-8-25(31)26(32)20-13-21(28)15-22(29)14-20/h3-15,26H,16H2,1-2H3,(H,30,33). The molecule has 1 atom stereocenters. The molecule has 2 amide bonds. The molecule has 1 unspecified atom stereocenters. The van der Waals surface area contributed by atoms with Crippen molar-refractivity contribution < 1.29 is 13.6 Å². The van der Waals surface area contributed by atoms with E-state index in [1.165, 1.54) is 12.1 Å². The number of rotatable bonds is 2. The van der Waals surface area contributed by atoms with Crippen LogP contribution in [0.25, 0.3) is 5.69 Å². The van der Waals surface area contributed by atoms with E-state index in [1.807, 2.05) is 79.2 Å². The maximum absolute atomic E-state index is 14.3. The molecule has 1 aliphatic rings. The van der Waals surface area contributed by atoms with E-state index < -0.39 is 17.7 Å². The van der Waals surface area contributed by atoms with Crippen molar-refractivity contribution in [3.63, 3.8) is 0 Å². The van der Waals surface area contributed by atoms with Crippen molar-refractivity contribution in [1.29, 1.82) is 0 Å². The molecule has 0 radical (unpaired) electrons. The molecule has 0 fully saturated rings. The van der Waals surface area contributed by atoms with E-state index in [1.54, 1.807) is 4.90 Å². The topological polar surface area (TPSA) is 37.3 Å². The summed E-state index contributed by atoms with van der Waals surface area (Å²) in [7, 11) is 0. The number of hydrogen-bond acceptors (Lipinski definition) is 1. The molecule has 33 heavy (non-hydrogen) atoms. The van der Waals surface area contributed by atoms with Crippen LogP contribution in [-0.2, 0) is 6.54 Å². The van der Waals surface area contributed by atoms with Gasteiger partial charge in [0.2, 0.25) is 0 Å². The van der Waals surface area contributed by atoms with Crippen molar-refractivity contribution in [2.45, 2.75) is 26.4 Å². The monoisotopic (exact) mass is 443 g/mol. The number of urea groups is 1. The Labute approximate surface area is 191 Å². The van der Waals surface area contributed by atoms with E-state index in [4.69, 9.17) is 0 Å². The molecule has 1 N–H and O–H groups in total. The maximum Gasteiger partial charge on any atom is 0.322 e. The Bertz CT molecular complexity index is 1340. The van der Waals surface area contributed by atoms with E-state index in [0.717, 1.165) is 34.1 Å². The number of carbonyl (C=O) groups is 1. The smallest absolute Gasteiger partial charge is 0.318 e. The predicted octanol–water partition coefficient (Wildman–Crippen LogP) is 6.51. The van der Waals surface area contributed by atoms with E-state index in [9.17, 15) is 13.6 Å². The average molecular weight is 443 g/mol. The Morgan fingerprint density at radius 3 is 2.48 bits per heavy atom. The number of fused-ring (bicyclic) bond motifs is 3. The first kappa shape index (κ1) is 20.9. The van der Waals surface area contributed by atoms with Crippen molar-refractivity contribution in [3.8, 4) is 5.69 Å². The number of halogens is 2. The lowest BCUT2D eigenvalue weighted by atomic mass is 10.0. The average Bonchev–Trinajstić information content (AvgIpc) is 3.19. The summed E-state index contributed by atoms with van der Waals surface area (Å²) in [5, 5.41) is 3.02. The molecule has 4 aromatic rings. The van der Waals surface area contributed by atoms with Crippen LogP contribution in [0.4, 0.5) is 19.3 Å². The molecule has 4 nitrogen and oxygen atoms in total. The van der Waals surface area contributed by atoms with Crippen LogP contribution in [0.2, 0.25) is 0 Å². The van der Waals surface area contributed by atoms with Gasteiger partial charge < -0.3 is 14.8 Å². The summed E-state index contributed by atoms with van der Waals surface area (Å²) in [4.78, 5) is 15.3. The molecule has 0 bridgehead atoms. The lowest BCUT2D eigenvalue weighted by Gasteiger charge is -2.31. The van der Waals surface area contributed by atoms with Gasteiger partial charge >= 0.3 is 6.03 Å². The fraction of sp³-hybridized carbons (Fsp3) is 0.148. The molecule has 1 aromatic heterocycles. The van der Waals surface area contributed by atoms with E-state index in [0.29, 0.717) is 11.3 Å². The second-order valence-electron chi connectivity index (χ2n) is 8.41. The third-order valence-electron chi connectivity index (χ3n) is 6.06. The maximum atomic E-state index is 14.3. The normalized spacial score (nSPS) is 14.9. The lowest BCUT2D eigenvalue weighted by molar-refractivity contribution is 0.194. The second-order valence-corrected chi connectivity index (χ2v) is 8.41. The molecular formula is C27H23F2N3O. The van der Waals surface area contributed by atoms with Gasteiger partial charge in [0.25, 0.3) is 0 Å². The van der Waals surface area contributed by atoms with Gasteiger partial charge in [-0.1, -0.05) is 30.3 Å². The minimum atomic E-state index is -0.692. The Hall–Kier alpha value is -3.93. The molecule has 3 aromatic carbocycles. The molecule has 2 heterocycles. The fourth-order valence-electron chi connectivity index (χ4n) is 4.48. The van der Waals surface area contributed by atoms with Gasteiger partial charge in [-0.05, 0) is 72.5 Å². The number of benzene rings is 3. The molecule has 0 saturated heterocycles. The highest BCUT2D eigenvalue weighted by Gasteiger charge is 2.33. The van der Waals surface area contributed by atoms with Gasteiger partial charge in [0.15, 0.2) is 0 Å². The summed E-state index contributed by atoms with van der Waals surface area (Å²) in [6.07, 6.45) is 1.91. The Morgan fingerprint density at radius 1 is 0.939 bits per heavy atom. The number of hydrogen-bond donors (Lipinski definition) is 1. The van der Waals surface area contributed by atoms with Gasteiger partial charge in [0.1, 0.15) is 11.6 Å². The van der Waals surface area contributed by atoms with Crippen LogP contribution >= 0.6 is 0 Å². The molecule has 0 spiro atoms. The third kappa shape index (κ3) is 3.89. The highest BCUT2D eigenvalue weighted by Crippen LogP contribution is 2.37. The fourth-order valence-corrected chi connectivity index (χ4v) is 4.48. The largest absolute Gasteiger partial charge is 0.322 e. The van der Waals surface area contributed by atoms with Crippen LogP contribution in [0.3, 0.4) is 0 Å². The van der Waals surface area contributed by atoms with Crippen LogP contribution in [0, 0.1) is 25.5 Å². The van der Waals surface area contributed by atoms with Gasteiger partial charge in [-0.2, -0.15) is 0 Å². The molecular weight excluding hydrogens is 420 g/mol. The zero-order chi connectivity index (χ0) is 23.1. The summed E-state index contributed by atoms with van der Waals surface area (Å²) >= 11 is 0. The number of aryl methyl sites for hydroxylation is 2. The summed E-state index contributed by atoms with van der Waals surface area (Å²) < 4.78 is 30.5. The van der Waals surface area contributed by atoms with Crippen LogP contribution in [-0.4, -0.2) is 15.5 Å². The Kier molecular flexibility index (Phi) is 5.21. The number of anilines is 1. The Balaban J connectivity index is 1.66. The molecule has 1 aliphatic heterocycles. The first-order valence-electron chi connectivity index (χ1n) is 10.8. The van der Waals surface area contributed by atoms with E-state index >= 15 is 0 Å². The van der Waals surface area contributed by atoms with Crippen LogP contribution in [0.15, 0.2) is 79.0 Å². The SMILES string of the molecule is Cc1ccc(C)c(NC(=O)N2Cc3ccccc3-n3cccc3C2c2cc(F)cc(F)c2)c1. The number of carbonyl (C=O) groups excluding carboxylic acids is 1. The zero-order valence-corrected chi connectivity index (χ0v) is 18.3. The lowest BCUT2D eigenvalue weighted by Crippen LogP contribution is -2.38. The number of para-hydroxylation sites is 1. The van der Waals surface area contributed by atoms with Crippen molar-refractivity contribution in [2.75, 3.05) is 5.32 Å². The molecule has 6 heteroatoms. The van der Waals surface area contributed by atoms with Crippen molar-refractivity contribution in [3.05, 3.63) is 119 Å². The molecule has 0 saturated carbocycles. The summed E-state index contributed by atoms with van der Waals surface area (Å²) in [6, 6.07) is 19.8. The highest BCUT2D eigenvalue weighted by molar-refractivity contribution is 5.91. The van der Waals surface area contributed by atoms with E-state index in [-0.39, 0.29) is 12.6 Å². The summed E-state index contributed by atoms with van der Waals surface area (Å²) in [6.45, 7) is 4.16. The van der Waals surface area contributed by atoms with Gasteiger partial charge in [0, 0.05) is 23.6 Å². The first-order chi connectivity index (χ1) is 15.9. The highest BCUT2D eigenvalue weighted by atomic mass is 19.1. The van der Waals surface area contributed by atoms with Crippen molar-refractivity contribution in [2.24, 2.45) is 0 Å². The molecule has 0 aliphatic carbocycles. The Morgan fingerprint density at radius 2 is 1.70 bits per heavy atom. The third-order valence-corrected chi connectivity index (χ3v) is 6.06. The van der Waals surface area contributed by atoms with Gasteiger partial charge in [-0.3, -0.25) is 0 Å². The van der Waals surface area contributed by atoms with Crippen molar-refractivity contribution in [1.82, 2.24) is 9.47 Å². The van der Waals surface area contributed by atoms with Crippen molar-refractivity contribution >= 4 is 11.7 Å². The minimum absolute atomic E-state index is 0.275. The molecule has 5 rings (SSSR count). The quantitative estimate of drug-likeness (QED) is 0.377. The van der Waals surface area contributed by atoms with Gasteiger partial charge in [-0.15, -0.1) is 0 Å². The number of nitrogens with zero attached hydrogens (tertiary/aromatic N) is 2. The second kappa shape index (κ2) is 8.20. The van der Waals surface area contributed by atoms with Gasteiger partial charge in [0.05, 0.1) is 18.3 Å².